The summed E-state index contributed by atoms with van der Waals surface area (Å²) < 4.78 is 5.38. The van der Waals surface area contributed by atoms with Crippen molar-refractivity contribution in [2.75, 3.05) is 0 Å². The van der Waals surface area contributed by atoms with Crippen LogP contribution in [-0.4, -0.2) is 22.0 Å². The Labute approximate surface area is 117 Å². The average Bonchev–Trinajstić information content (AvgIpc) is 2.85. The van der Waals surface area contributed by atoms with Crippen molar-refractivity contribution in [2.24, 2.45) is 11.8 Å². The second-order valence-corrected chi connectivity index (χ2v) is 5.43. The van der Waals surface area contributed by atoms with Crippen molar-refractivity contribution < 1.29 is 19.1 Å². The highest BCUT2D eigenvalue weighted by Gasteiger charge is 2.30. The molecule has 0 radical (unpaired) electrons. The Hall–Kier alpha value is -1.85. The van der Waals surface area contributed by atoms with Gasteiger partial charge in [0.1, 0.15) is 11.8 Å². The molecule has 1 fully saturated rings. The van der Waals surface area contributed by atoms with Crippen LogP contribution < -0.4 is 5.32 Å². The first-order chi connectivity index (χ1) is 9.47. The van der Waals surface area contributed by atoms with Crippen molar-refractivity contribution >= 4 is 11.9 Å². The van der Waals surface area contributed by atoms with Gasteiger partial charge in [-0.3, -0.25) is 9.59 Å². The molecule has 0 aliphatic heterocycles. The van der Waals surface area contributed by atoms with Gasteiger partial charge in [-0.05, 0) is 39.5 Å². The first kappa shape index (κ1) is 14.6. The van der Waals surface area contributed by atoms with Gasteiger partial charge in [0.15, 0.2) is 0 Å². The van der Waals surface area contributed by atoms with E-state index in [0.29, 0.717) is 37.3 Å². The van der Waals surface area contributed by atoms with E-state index < -0.39 is 5.97 Å². The highest BCUT2D eigenvalue weighted by molar-refractivity contribution is 5.79. The lowest BCUT2D eigenvalue weighted by Crippen LogP contribution is -2.35. The number of amides is 1. The molecule has 6 nitrogen and oxygen atoms in total. The third-order valence-corrected chi connectivity index (χ3v) is 3.82. The highest BCUT2D eigenvalue weighted by Crippen LogP contribution is 2.29. The van der Waals surface area contributed by atoms with Crippen LogP contribution in [0.15, 0.2) is 10.6 Å². The van der Waals surface area contributed by atoms with Crippen LogP contribution in [0.1, 0.15) is 50.3 Å². The van der Waals surface area contributed by atoms with Gasteiger partial charge in [0, 0.05) is 5.92 Å². The Morgan fingerprint density at radius 1 is 1.35 bits per heavy atom. The van der Waals surface area contributed by atoms with Gasteiger partial charge in [-0.1, -0.05) is 0 Å². The van der Waals surface area contributed by atoms with Crippen molar-refractivity contribution in [2.45, 2.75) is 45.6 Å². The van der Waals surface area contributed by atoms with Gasteiger partial charge in [-0.25, -0.2) is 4.98 Å². The minimum atomic E-state index is -0.757. The lowest BCUT2D eigenvalue weighted by Gasteiger charge is -2.26. The maximum absolute atomic E-state index is 12.1. The van der Waals surface area contributed by atoms with Crippen molar-refractivity contribution in [1.29, 1.82) is 0 Å². The van der Waals surface area contributed by atoms with Gasteiger partial charge in [0.25, 0.3) is 0 Å². The molecule has 1 amide bonds. The molecule has 2 N–H and O–H groups in total. The molecule has 20 heavy (non-hydrogen) atoms. The average molecular weight is 280 g/mol. The zero-order valence-corrected chi connectivity index (χ0v) is 11.8. The molecule has 2 rings (SSSR count). The number of aromatic nitrogens is 1. The monoisotopic (exact) mass is 280 g/mol. The lowest BCUT2D eigenvalue weighted by molar-refractivity contribution is -0.144. The van der Waals surface area contributed by atoms with Gasteiger partial charge in [0.05, 0.1) is 12.1 Å². The maximum Gasteiger partial charge on any atom is 0.306 e. The van der Waals surface area contributed by atoms with E-state index in [2.05, 4.69) is 10.3 Å². The highest BCUT2D eigenvalue weighted by atomic mass is 16.4. The second-order valence-electron chi connectivity index (χ2n) is 5.43. The summed E-state index contributed by atoms with van der Waals surface area (Å²) in [6, 6.07) is -0.270. The SMILES string of the molecule is Cc1cnc(C(C)NC(=O)C2CCC(C(=O)O)CC2)o1. The summed E-state index contributed by atoms with van der Waals surface area (Å²) in [6.45, 7) is 3.63. The number of nitrogens with zero attached hydrogens (tertiary/aromatic N) is 1. The fourth-order valence-corrected chi connectivity index (χ4v) is 2.57. The summed E-state index contributed by atoms with van der Waals surface area (Å²) in [7, 11) is 0. The third kappa shape index (κ3) is 3.37. The van der Waals surface area contributed by atoms with Crippen molar-refractivity contribution in [3.05, 3.63) is 17.8 Å². The zero-order chi connectivity index (χ0) is 14.7. The standard InChI is InChI=1S/C14H20N2O4/c1-8-7-15-13(20-8)9(2)16-12(17)10-3-5-11(6-4-10)14(18)19/h7,9-11H,3-6H2,1-2H3,(H,16,17)(H,18,19). The largest absolute Gasteiger partial charge is 0.481 e. The van der Waals surface area contributed by atoms with E-state index in [1.54, 1.807) is 13.1 Å². The Kier molecular flexibility index (Phi) is 4.42. The molecule has 110 valence electrons. The molecule has 1 aliphatic rings. The normalized spacial score (nSPS) is 24.1. The number of carbonyl (C=O) groups is 2. The zero-order valence-electron chi connectivity index (χ0n) is 11.8. The van der Waals surface area contributed by atoms with E-state index in [1.165, 1.54) is 0 Å². The van der Waals surface area contributed by atoms with Gasteiger partial charge in [-0.2, -0.15) is 0 Å². The number of aliphatic carboxylic acids is 1. The Bertz CT molecular complexity index is 489. The first-order valence-corrected chi connectivity index (χ1v) is 6.93. The summed E-state index contributed by atoms with van der Waals surface area (Å²) in [4.78, 5) is 27.1. The molecule has 1 unspecified atom stereocenters. The molecular weight excluding hydrogens is 260 g/mol. The van der Waals surface area contributed by atoms with E-state index in [4.69, 9.17) is 9.52 Å². The Morgan fingerprint density at radius 3 is 2.45 bits per heavy atom. The summed E-state index contributed by atoms with van der Waals surface area (Å²) in [5.74, 6) is -0.00205. The van der Waals surface area contributed by atoms with E-state index in [9.17, 15) is 9.59 Å². The minimum Gasteiger partial charge on any atom is -0.481 e. The van der Waals surface area contributed by atoms with Crippen LogP contribution in [-0.2, 0) is 9.59 Å². The van der Waals surface area contributed by atoms with Gasteiger partial charge in [0.2, 0.25) is 11.8 Å². The molecule has 1 aromatic heterocycles. The maximum atomic E-state index is 12.1. The second kappa shape index (κ2) is 6.07. The van der Waals surface area contributed by atoms with E-state index in [1.807, 2.05) is 6.92 Å². The van der Waals surface area contributed by atoms with Gasteiger partial charge < -0.3 is 14.8 Å². The molecule has 6 heteroatoms. The number of nitrogens with one attached hydrogen (secondary N) is 1. The molecule has 1 aromatic rings. The molecule has 1 aliphatic carbocycles. The van der Waals surface area contributed by atoms with Crippen LogP contribution in [0.2, 0.25) is 0 Å². The van der Waals surface area contributed by atoms with Crippen LogP contribution >= 0.6 is 0 Å². The van der Waals surface area contributed by atoms with E-state index in [0.717, 1.165) is 0 Å². The predicted molar refractivity (Wildman–Crippen MR) is 70.9 cm³/mol. The number of carbonyl (C=O) groups excluding carboxylic acids is 1. The van der Waals surface area contributed by atoms with E-state index in [-0.39, 0.29) is 23.8 Å². The quantitative estimate of drug-likeness (QED) is 0.880. The number of hydrogen-bond donors (Lipinski definition) is 2. The van der Waals surface area contributed by atoms with Crippen molar-refractivity contribution in [3.63, 3.8) is 0 Å². The lowest BCUT2D eigenvalue weighted by atomic mass is 9.81. The fraction of sp³-hybridized carbons (Fsp3) is 0.643. The summed E-state index contributed by atoms with van der Waals surface area (Å²) in [5.41, 5.74) is 0. The predicted octanol–water partition coefficient (Wildman–Crippen LogP) is 2.05. The van der Waals surface area contributed by atoms with Crippen molar-refractivity contribution in [3.8, 4) is 0 Å². The number of carboxylic acids is 1. The summed E-state index contributed by atoms with van der Waals surface area (Å²) in [6.07, 6.45) is 4.01. The summed E-state index contributed by atoms with van der Waals surface area (Å²) >= 11 is 0. The number of aryl methyl sites for hydroxylation is 1. The van der Waals surface area contributed by atoms with Gasteiger partial charge in [-0.15, -0.1) is 0 Å². The van der Waals surface area contributed by atoms with E-state index >= 15 is 0 Å². The molecular formula is C14H20N2O4. The van der Waals surface area contributed by atoms with Crippen LogP contribution in [0, 0.1) is 18.8 Å². The molecule has 1 atom stereocenters. The molecule has 0 aromatic carbocycles. The number of carboxylic acid groups (broad SMARTS) is 1. The molecule has 0 saturated heterocycles. The number of rotatable bonds is 4. The molecule has 0 spiro atoms. The number of oxazole rings is 1. The third-order valence-electron chi connectivity index (χ3n) is 3.82. The fourth-order valence-electron chi connectivity index (χ4n) is 2.57. The minimum absolute atomic E-state index is 0.0443. The van der Waals surface area contributed by atoms with Crippen molar-refractivity contribution in [1.82, 2.24) is 10.3 Å². The number of hydrogen-bond acceptors (Lipinski definition) is 4. The Balaban J connectivity index is 1.85. The Morgan fingerprint density at radius 2 is 1.95 bits per heavy atom. The van der Waals surface area contributed by atoms with Crippen LogP contribution in [0.3, 0.4) is 0 Å². The molecule has 0 bridgehead atoms. The van der Waals surface area contributed by atoms with Crippen LogP contribution in [0.5, 0.6) is 0 Å². The summed E-state index contributed by atoms with van der Waals surface area (Å²) in [5, 5.41) is 11.8. The first-order valence-electron chi connectivity index (χ1n) is 6.93. The molecule has 1 saturated carbocycles. The van der Waals surface area contributed by atoms with Crippen LogP contribution in [0.25, 0.3) is 0 Å². The van der Waals surface area contributed by atoms with Gasteiger partial charge >= 0.3 is 5.97 Å². The topological polar surface area (TPSA) is 92.4 Å². The smallest absolute Gasteiger partial charge is 0.306 e. The molecule has 1 heterocycles. The van der Waals surface area contributed by atoms with Crippen LogP contribution in [0.4, 0.5) is 0 Å².